The number of rotatable bonds is 3. The highest BCUT2D eigenvalue weighted by Crippen LogP contribution is 2.48. The van der Waals surface area contributed by atoms with E-state index in [-0.39, 0.29) is 17.3 Å². The van der Waals surface area contributed by atoms with Crippen LogP contribution in [0.15, 0.2) is 41.4 Å². The predicted octanol–water partition coefficient (Wildman–Crippen LogP) is 2.00. The van der Waals surface area contributed by atoms with Crippen LogP contribution in [0.1, 0.15) is 48.8 Å². The first-order valence-electron chi connectivity index (χ1n) is 10.2. The maximum atomic E-state index is 15.0. The molecule has 10 heteroatoms. The van der Waals surface area contributed by atoms with Gasteiger partial charge in [-0.3, -0.25) is 18.7 Å². The van der Waals surface area contributed by atoms with Crippen LogP contribution in [-0.2, 0) is 15.7 Å². The summed E-state index contributed by atoms with van der Waals surface area (Å²) in [6.45, 7) is 5.78. The van der Waals surface area contributed by atoms with E-state index in [1.165, 1.54) is 36.4 Å². The topological polar surface area (TPSA) is 133 Å². The summed E-state index contributed by atoms with van der Waals surface area (Å²) in [5.74, 6) is -0.747. The van der Waals surface area contributed by atoms with Crippen LogP contribution >= 0.6 is 0 Å². The number of pyridine rings is 1. The molecule has 8 nitrogen and oxygen atoms in total. The van der Waals surface area contributed by atoms with Gasteiger partial charge in [0.15, 0.2) is 0 Å². The fourth-order valence-corrected chi connectivity index (χ4v) is 8.10. The van der Waals surface area contributed by atoms with Gasteiger partial charge in [0.05, 0.1) is 21.6 Å². The Bertz CT molecular complexity index is 1220. The molecule has 0 aliphatic carbocycles. The molecule has 4 N–H and O–H groups in total. The van der Waals surface area contributed by atoms with Gasteiger partial charge in [-0.2, -0.15) is 5.26 Å². The first-order valence-corrected chi connectivity index (χ1v) is 12.0. The first kappa shape index (κ1) is 22.0. The highest BCUT2D eigenvalue weighted by atomic mass is 32.3. The van der Waals surface area contributed by atoms with Gasteiger partial charge >= 0.3 is 0 Å². The molecule has 1 aromatic carbocycles. The van der Waals surface area contributed by atoms with Gasteiger partial charge in [0, 0.05) is 12.1 Å². The summed E-state index contributed by atoms with van der Waals surface area (Å²) in [5.41, 5.74) is 5.73. The van der Waals surface area contributed by atoms with Gasteiger partial charge in [0.25, 0.3) is 5.91 Å². The van der Waals surface area contributed by atoms with Crippen LogP contribution in [0.4, 0.5) is 10.2 Å². The maximum absolute atomic E-state index is 15.0. The molecule has 1 aromatic heterocycles. The van der Waals surface area contributed by atoms with Crippen molar-refractivity contribution in [1.82, 2.24) is 9.71 Å². The second kappa shape index (κ2) is 7.46. The lowest BCUT2D eigenvalue weighted by atomic mass is 9.90. The summed E-state index contributed by atoms with van der Waals surface area (Å²) in [6, 6.07) is 10.7. The fourth-order valence-electron chi connectivity index (χ4n) is 4.48. The summed E-state index contributed by atoms with van der Waals surface area (Å²) in [4.78, 5) is 21.6. The molecule has 1 saturated heterocycles. The van der Waals surface area contributed by atoms with Crippen LogP contribution in [0.2, 0.25) is 0 Å². The highest BCUT2D eigenvalue weighted by Gasteiger charge is 2.59. The number of nitriles is 1. The number of thiol groups is 1. The van der Waals surface area contributed by atoms with Crippen LogP contribution in [0.3, 0.4) is 0 Å². The van der Waals surface area contributed by atoms with Crippen molar-refractivity contribution in [3.05, 3.63) is 59.0 Å². The molecule has 2 aromatic rings. The predicted molar refractivity (Wildman–Crippen MR) is 122 cm³/mol. The summed E-state index contributed by atoms with van der Waals surface area (Å²) in [6.07, 6.45) is 0.539. The number of amides is 1. The van der Waals surface area contributed by atoms with Crippen LogP contribution in [0.25, 0.3) is 0 Å². The smallest absolute Gasteiger partial charge is 0.256 e. The van der Waals surface area contributed by atoms with Crippen LogP contribution in [0.5, 0.6) is 0 Å². The molecule has 2 aliphatic heterocycles. The molecule has 1 fully saturated rings. The Morgan fingerprint density at radius 1 is 1.28 bits per heavy atom. The summed E-state index contributed by atoms with van der Waals surface area (Å²) < 4.78 is 31.2. The molecule has 168 valence electrons. The normalized spacial score (nSPS) is 26.3. The summed E-state index contributed by atoms with van der Waals surface area (Å²) >= 11 is 0. The number of aromatic nitrogens is 1. The Morgan fingerprint density at radius 3 is 2.62 bits per heavy atom. The molecular formula is C22H25FN6O2S. The number of hydrogen-bond donors (Lipinski definition) is 4. The Morgan fingerprint density at radius 2 is 1.97 bits per heavy atom. The van der Waals surface area contributed by atoms with Gasteiger partial charge in [-0.15, -0.1) is 0 Å². The first-order chi connectivity index (χ1) is 15.0. The number of fused-ring (bicyclic) bond motifs is 1. The van der Waals surface area contributed by atoms with E-state index < -0.39 is 37.4 Å². The highest BCUT2D eigenvalue weighted by molar-refractivity contribution is 8.04. The molecule has 3 heterocycles. The number of amidine groups is 1. The Balaban J connectivity index is 1.72. The molecule has 0 unspecified atom stereocenters. The molecule has 2 aliphatic rings. The third kappa shape index (κ3) is 3.20. The van der Waals surface area contributed by atoms with Crippen molar-refractivity contribution in [1.29, 1.82) is 5.26 Å². The summed E-state index contributed by atoms with van der Waals surface area (Å²) in [5, 5.41) is 11.1. The number of nitrogens with zero attached hydrogens (tertiary/aromatic N) is 3. The van der Waals surface area contributed by atoms with Crippen molar-refractivity contribution >= 4 is 27.7 Å². The van der Waals surface area contributed by atoms with Gasteiger partial charge < -0.3 is 11.1 Å². The number of carbonyl (C=O) groups is 1. The van der Waals surface area contributed by atoms with Crippen molar-refractivity contribution in [2.45, 2.75) is 42.7 Å². The van der Waals surface area contributed by atoms with Crippen molar-refractivity contribution in [2.24, 2.45) is 10.7 Å². The van der Waals surface area contributed by atoms with E-state index in [4.69, 9.17) is 11.0 Å². The fraction of sp³-hybridized carbons (Fsp3) is 0.364. The summed E-state index contributed by atoms with van der Waals surface area (Å²) in [7, 11) is -3.06. The van der Waals surface area contributed by atoms with Gasteiger partial charge in [0.2, 0.25) is 0 Å². The second-order valence-electron chi connectivity index (χ2n) is 8.74. The number of anilines is 1. The van der Waals surface area contributed by atoms with Crippen LogP contribution < -0.4 is 15.8 Å². The zero-order valence-corrected chi connectivity index (χ0v) is 18.9. The number of halogens is 1. The third-order valence-electron chi connectivity index (χ3n) is 6.51. The lowest BCUT2D eigenvalue weighted by molar-refractivity contribution is 0.102. The molecule has 1 amide bonds. The quantitative estimate of drug-likeness (QED) is 0.524. The monoisotopic (exact) mass is 456 g/mol. The van der Waals surface area contributed by atoms with Gasteiger partial charge in [-0.05, 0) is 73.7 Å². The van der Waals surface area contributed by atoms with E-state index in [0.29, 0.717) is 24.1 Å². The average molecular weight is 457 g/mol. The number of carbonyl (C=O) groups excluding carboxylic acids is 1. The Hall–Kier alpha value is -3.16. The van der Waals surface area contributed by atoms with E-state index in [1.807, 2.05) is 6.07 Å². The van der Waals surface area contributed by atoms with Crippen molar-refractivity contribution in [3.63, 3.8) is 0 Å². The van der Waals surface area contributed by atoms with E-state index in [1.54, 1.807) is 20.8 Å². The third-order valence-corrected chi connectivity index (χ3v) is 10.7. The van der Waals surface area contributed by atoms with Crippen LogP contribution in [-0.4, -0.2) is 37.5 Å². The molecule has 2 atom stereocenters. The molecule has 0 saturated carbocycles. The molecule has 0 bridgehead atoms. The number of benzene rings is 1. The van der Waals surface area contributed by atoms with Crippen molar-refractivity contribution in [2.75, 3.05) is 11.9 Å². The van der Waals surface area contributed by atoms with Gasteiger partial charge in [-0.25, -0.2) is 9.37 Å². The molecular weight excluding hydrogens is 431 g/mol. The Kier molecular flexibility index (Phi) is 5.14. The van der Waals surface area contributed by atoms with E-state index in [0.717, 1.165) is 0 Å². The van der Waals surface area contributed by atoms with E-state index in [9.17, 15) is 9.00 Å². The standard InChI is InChI=1S/C22H25FN6O2S/c1-21(2)20(25)29-22(3,16-10-11-26-32(16,21)31)18-15(23)8-9-17(27-18)28-19(30)14-6-4-13(12-24)5-7-14/h4-9,16,32H,10-11H2,1-3H3,(H2,25,29)(H,26,31)(H,27,28,30)/t16-,22-/m0/s1. The largest absolute Gasteiger partial charge is 0.386 e. The Labute approximate surface area is 186 Å². The maximum Gasteiger partial charge on any atom is 0.256 e. The lowest BCUT2D eigenvalue weighted by Crippen LogP contribution is -2.64. The molecule has 4 rings (SSSR count). The van der Waals surface area contributed by atoms with E-state index in [2.05, 4.69) is 20.0 Å². The van der Waals surface area contributed by atoms with Gasteiger partial charge in [0.1, 0.15) is 28.7 Å². The van der Waals surface area contributed by atoms with Crippen molar-refractivity contribution < 1.29 is 13.4 Å². The number of nitrogens with one attached hydrogen (secondary N) is 2. The minimum Gasteiger partial charge on any atom is -0.386 e. The number of aliphatic imine (C=N–C) groups is 1. The van der Waals surface area contributed by atoms with E-state index >= 15 is 4.39 Å². The minimum atomic E-state index is -3.06. The van der Waals surface area contributed by atoms with Gasteiger partial charge in [-0.1, -0.05) is 0 Å². The minimum absolute atomic E-state index is 0.0116. The lowest BCUT2D eigenvalue weighted by Gasteiger charge is -2.50. The SMILES string of the molecule is CC1(C)C(N)=N[C@](C)(c2nc(NC(=O)c3ccc(C#N)cc3)ccc2F)[C@@H]2CCN[SH]21=O. The zero-order valence-electron chi connectivity index (χ0n) is 18.0. The number of nitrogens with two attached hydrogens (primary N) is 1. The van der Waals surface area contributed by atoms with Crippen LogP contribution in [0, 0.1) is 17.1 Å². The molecule has 0 radical (unpaired) electrons. The average Bonchev–Trinajstić information content (AvgIpc) is 3.18. The molecule has 32 heavy (non-hydrogen) atoms. The second-order valence-corrected chi connectivity index (χ2v) is 12.1. The molecule has 0 spiro atoms. The van der Waals surface area contributed by atoms with Crippen molar-refractivity contribution in [3.8, 4) is 6.07 Å². The zero-order chi connectivity index (χ0) is 23.3. The number of hydrogen-bond acceptors (Lipinski definition) is 6.